The van der Waals surface area contributed by atoms with Crippen molar-refractivity contribution in [3.05, 3.63) is 24.7 Å². The van der Waals surface area contributed by atoms with E-state index in [1.807, 2.05) is 12.3 Å². The monoisotopic (exact) mass is 372 g/mol. The molecule has 2 fully saturated rings. The lowest BCUT2D eigenvalue weighted by molar-refractivity contribution is 0.122. The Balaban J connectivity index is 1.30. The van der Waals surface area contributed by atoms with Gasteiger partial charge in [-0.2, -0.15) is 20.0 Å². The molecular formula is C18H28N8O. The molecule has 2 aromatic rings. The molecule has 27 heavy (non-hydrogen) atoms. The third kappa shape index (κ3) is 4.54. The van der Waals surface area contributed by atoms with Gasteiger partial charge in [-0.05, 0) is 18.9 Å². The minimum Gasteiger partial charge on any atom is -0.378 e. The predicted octanol–water partition coefficient (Wildman–Crippen LogP) is 0.506. The van der Waals surface area contributed by atoms with Gasteiger partial charge in [0.2, 0.25) is 5.95 Å². The number of hydrogen-bond acceptors (Lipinski definition) is 8. The second-order valence-electron chi connectivity index (χ2n) is 7.12. The number of piperidine rings is 1. The van der Waals surface area contributed by atoms with Crippen LogP contribution in [0.15, 0.2) is 24.7 Å². The Labute approximate surface area is 159 Å². The van der Waals surface area contributed by atoms with Gasteiger partial charge >= 0.3 is 0 Å². The van der Waals surface area contributed by atoms with Gasteiger partial charge in [-0.15, -0.1) is 0 Å². The van der Waals surface area contributed by atoms with E-state index in [1.165, 1.54) is 0 Å². The van der Waals surface area contributed by atoms with Crippen LogP contribution >= 0.6 is 0 Å². The maximum atomic E-state index is 5.43. The third-order valence-electron chi connectivity index (χ3n) is 5.47. The Bertz CT molecular complexity index is 695. The Hall–Kier alpha value is -2.26. The van der Waals surface area contributed by atoms with Crippen molar-refractivity contribution >= 4 is 11.8 Å². The van der Waals surface area contributed by atoms with Crippen LogP contribution in [0.3, 0.4) is 0 Å². The molecule has 2 aromatic heterocycles. The van der Waals surface area contributed by atoms with E-state index in [4.69, 9.17) is 9.72 Å². The van der Waals surface area contributed by atoms with E-state index >= 15 is 0 Å². The molecule has 2 aliphatic rings. The molecule has 146 valence electrons. The van der Waals surface area contributed by atoms with Gasteiger partial charge < -0.3 is 19.4 Å². The Morgan fingerprint density at radius 2 is 1.78 bits per heavy atom. The fraction of sp³-hybridized carbons (Fsp3) is 0.667. The number of rotatable bonds is 6. The van der Waals surface area contributed by atoms with E-state index in [0.29, 0.717) is 6.04 Å². The minimum absolute atomic E-state index is 0.511. The molecule has 9 heteroatoms. The fourth-order valence-corrected chi connectivity index (χ4v) is 3.76. The molecule has 4 heterocycles. The molecule has 2 aliphatic heterocycles. The lowest BCUT2D eigenvalue weighted by Gasteiger charge is -2.37. The molecule has 0 bridgehead atoms. The number of morpholine rings is 1. The van der Waals surface area contributed by atoms with Crippen molar-refractivity contribution in [3.63, 3.8) is 0 Å². The van der Waals surface area contributed by atoms with E-state index < -0.39 is 0 Å². The van der Waals surface area contributed by atoms with Crippen molar-refractivity contribution in [1.82, 2.24) is 29.9 Å². The van der Waals surface area contributed by atoms with Crippen molar-refractivity contribution in [2.75, 3.05) is 62.8 Å². The van der Waals surface area contributed by atoms with Gasteiger partial charge in [0.05, 0.1) is 32.2 Å². The summed E-state index contributed by atoms with van der Waals surface area (Å²) in [4.78, 5) is 18.0. The number of hydrogen-bond donors (Lipinski definition) is 0. The highest BCUT2D eigenvalue weighted by atomic mass is 16.5. The maximum absolute atomic E-state index is 5.43. The van der Waals surface area contributed by atoms with Gasteiger partial charge in [0.25, 0.3) is 0 Å². The highest BCUT2D eigenvalue weighted by Gasteiger charge is 2.24. The average molecular weight is 372 g/mol. The van der Waals surface area contributed by atoms with Crippen LogP contribution in [0.5, 0.6) is 0 Å². The van der Waals surface area contributed by atoms with E-state index in [9.17, 15) is 0 Å². The Kier molecular flexibility index (Phi) is 5.78. The maximum Gasteiger partial charge on any atom is 0.227 e. The van der Waals surface area contributed by atoms with Crippen molar-refractivity contribution in [3.8, 4) is 0 Å². The highest BCUT2D eigenvalue weighted by molar-refractivity contribution is 5.44. The van der Waals surface area contributed by atoms with Crippen molar-refractivity contribution in [2.45, 2.75) is 25.4 Å². The molecule has 2 saturated heterocycles. The predicted molar refractivity (Wildman–Crippen MR) is 103 cm³/mol. The Morgan fingerprint density at radius 1 is 1.04 bits per heavy atom. The summed E-state index contributed by atoms with van der Waals surface area (Å²) in [5.41, 5.74) is 0. The van der Waals surface area contributed by atoms with Gasteiger partial charge in [0.15, 0.2) is 0 Å². The number of aromatic nitrogens is 5. The summed E-state index contributed by atoms with van der Waals surface area (Å²) in [7, 11) is 2.15. The number of nitrogens with zero attached hydrogens (tertiary/aromatic N) is 8. The van der Waals surface area contributed by atoms with Gasteiger partial charge in [0, 0.05) is 52.0 Å². The summed E-state index contributed by atoms with van der Waals surface area (Å²) >= 11 is 0. The number of ether oxygens (including phenoxy) is 1. The fourth-order valence-electron chi connectivity index (χ4n) is 3.76. The van der Waals surface area contributed by atoms with Crippen LogP contribution in [0.4, 0.5) is 11.8 Å². The molecule has 0 N–H and O–H groups in total. The quantitative estimate of drug-likeness (QED) is 0.726. The van der Waals surface area contributed by atoms with Gasteiger partial charge in [-0.3, -0.25) is 0 Å². The van der Waals surface area contributed by atoms with Gasteiger partial charge in [-0.1, -0.05) is 0 Å². The summed E-state index contributed by atoms with van der Waals surface area (Å²) in [5, 5.41) is 8.35. The van der Waals surface area contributed by atoms with E-state index in [-0.39, 0.29) is 0 Å². The summed E-state index contributed by atoms with van der Waals surface area (Å²) in [5.74, 6) is 1.82. The van der Waals surface area contributed by atoms with E-state index in [1.54, 1.807) is 17.2 Å². The van der Waals surface area contributed by atoms with Crippen LogP contribution in [0.25, 0.3) is 0 Å². The first-order chi connectivity index (χ1) is 13.3. The van der Waals surface area contributed by atoms with Crippen LogP contribution in [-0.4, -0.2) is 88.9 Å². The lowest BCUT2D eigenvalue weighted by Crippen LogP contribution is -2.44. The zero-order chi connectivity index (χ0) is 18.5. The van der Waals surface area contributed by atoms with E-state index in [0.717, 1.165) is 77.1 Å². The largest absolute Gasteiger partial charge is 0.378 e. The second-order valence-corrected chi connectivity index (χ2v) is 7.12. The standard InChI is InChI=1S/C18H28N8O/c1-23(17-2-5-19-18(22-17)25-12-14-27-15-13-25)16-3-8-24(9-4-16)10-11-26-20-6-7-21-26/h2,5-7,16H,3-4,8-15H2,1H3. The Morgan fingerprint density at radius 3 is 2.52 bits per heavy atom. The summed E-state index contributed by atoms with van der Waals surface area (Å²) in [6.45, 7) is 7.25. The summed E-state index contributed by atoms with van der Waals surface area (Å²) in [6, 6.07) is 2.52. The van der Waals surface area contributed by atoms with Gasteiger partial charge in [-0.25, -0.2) is 4.98 Å². The minimum atomic E-state index is 0.511. The molecule has 0 amide bonds. The van der Waals surface area contributed by atoms with Crippen molar-refractivity contribution in [1.29, 1.82) is 0 Å². The normalized spacial score (nSPS) is 19.4. The molecule has 4 rings (SSSR count). The van der Waals surface area contributed by atoms with Crippen molar-refractivity contribution in [2.24, 2.45) is 0 Å². The first-order valence-corrected chi connectivity index (χ1v) is 9.74. The van der Waals surface area contributed by atoms with Crippen LogP contribution in [0.2, 0.25) is 0 Å². The smallest absolute Gasteiger partial charge is 0.227 e. The molecular weight excluding hydrogens is 344 g/mol. The van der Waals surface area contributed by atoms with Crippen molar-refractivity contribution < 1.29 is 4.74 Å². The van der Waals surface area contributed by atoms with Crippen LogP contribution < -0.4 is 9.80 Å². The average Bonchev–Trinajstić information content (AvgIpc) is 3.27. The molecule has 0 atom stereocenters. The van der Waals surface area contributed by atoms with Crippen LogP contribution in [0.1, 0.15) is 12.8 Å². The molecule has 0 saturated carbocycles. The zero-order valence-corrected chi connectivity index (χ0v) is 15.9. The summed E-state index contributed by atoms with van der Waals surface area (Å²) < 4.78 is 5.43. The summed E-state index contributed by atoms with van der Waals surface area (Å²) in [6.07, 6.45) is 7.61. The number of likely N-dealkylation sites (tertiary alicyclic amines) is 1. The first-order valence-electron chi connectivity index (χ1n) is 9.74. The van der Waals surface area contributed by atoms with Gasteiger partial charge in [0.1, 0.15) is 5.82 Å². The second kappa shape index (κ2) is 8.62. The lowest BCUT2D eigenvalue weighted by atomic mass is 10.0. The zero-order valence-electron chi connectivity index (χ0n) is 15.9. The molecule has 0 unspecified atom stereocenters. The molecule has 0 spiro atoms. The topological polar surface area (TPSA) is 75.4 Å². The van der Waals surface area contributed by atoms with E-state index in [2.05, 4.69) is 36.9 Å². The van der Waals surface area contributed by atoms with Crippen LogP contribution in [-0.2, 0) is 11.3 Å². The molecule has 0 aromatic carbocycles. The first kappa shape index (κ1) is 18.1. The highest BCUT2D eigenvalue weighted by Crippen LogP contribution is 2.22. The molecule has 0 radical (unpaired) electrons. The third-order valence-corrected chi connectivity index (χ3v) is 5.47. The SMILES string of the molecule is CN(c1ccnc(N2CCOCC2)n1)C1CCN(CCn2nccn2)CC1. The number of anilines is 2. The molecule has 0 aliphatic carbocycles. The van der Waals surface area contributed by atoms with Crippen LogP contribution in [0, 0.1) is 0 Å². The molecule has 9 nitrogen and oxygen atoms in total.